The third-order valence-corrected chi connectivity index (χ3v) is 5.50. The smallest absolute Gasteiger partial charge is 0.185 e. The molecule has 5 nitrogen and oxygen atoms in total. The quantitative estimate of drug-likeness (QED) is 0.810. The van der Waals surface area contributed by atoms with E-state index >= 15 is 0 Å². The lowest BCUT2D eigenvalue weighted by Gasteiger charge is -2.35. The van der Waals surface area contributed by atoms with Gasteiger partial charge in [0.25, 0.3) is 0 Å². The molecule has 1 saturated heterocycles. The Kier molecular flexibility index (Phi) is 4.30. The lowest BCUT2D eigenvalue weighted by Crippen LogP contribution is -2.46. The summed E-state index contributed by atoms with van der Waals surface area (Å²) in [6.45, 7) is 8.11. The molecule has 1 aliphatic rings. The van der Waals surface area contributed by atoms with Crippen molar-refractivity contribution in [1.29, 1.82) is 0 Å². The molecule has 2 aromatic heterocycles. The zero-order chi connectivity index (χ0) is 14.8. The summed E-state index contributed by atoms with van der Waals surface area (Å²) in [5.74, 6) is 0.971. The molecule has 112 valence electrons. The molecule has 0 unspecified atom stereocenters. The van der Waals surface area contributed by atoms with Gasteiger partial charge in [-0.05, 0) is 32.2 Å². The highest BCUT2D eigenvalue weighted by Crippen LogP contribution is 2.26. The first-order valence-electron chi connectivity index (χ1n) is 6.99. The van der Waals surface area contributed by atoms with Crippen molar-refractivity contribution >= 4 is 34.0 Å². The van der Waals surface area contributed by atoms with Gasteiger partial charge in [0.05, 0.1) is 5.69 Å². The van der Waals surface area contributed by atoms with Gasteiger partial charge in [0, 0.05) is 31.1 Å². The number of aryl methyl sites for hydroxylation is 2. The molecule has 7 heteroatoms. The molecule has 1 fully saturated rings. The van der Waals surface area contributed by atoms with Crippen LogP contribution in [0, 0.1) is 13.8 Å². The first-order valence-corrected chi connectivity index (χ1v) is 9.03. The van der Waals surface area contributed by atoms with Crippen molar-refractivity contribution in [2.24, 2.45) is 0 Å². The number of rotatable bonds is 3. The molecule has 0 spiro atoms. The largest absolute Gasteiger partial charge is 0.352 e. The molecule has 0 aromatic carbocycles. The zero-order valence-corrected chi connectivity index (χ0v) is 14.2. The van der Waals surface area contributed by atoms with Gasteiger partial charge in [0.1, 0.15) is 5.03 Å². The van der Waals surface area contributed by atoms with Crippen LogP contribution in [0.1, 0.15) is 10.6 Å². The van der Waals surface area contributed by atoms with E-state index in [-0.39, 0.29) is 0 Å². The van der Waals surface area contributed by atoms with Crippen LogP contribution in [0.3, 0.4) is 0 Å². The topological polar surface area (TPSA) is 45.2 Å². The third-order valence-electron chi connectivity index (χ3n) is 3.73. The van der Waals surface area contributed by atoms with Gasteiger partial charge in [0.2, 0.25) is 0 Å². The Morgan fingerprint density at radius 1 is 1.05 bits per heavy atom. The van der Waals surface area contributed by atoms with Crippen LogP contribution in [-0.4, -0.2) is 47.6 Å². The van der Waals surface area contributed by atoms with Crippen LogP contribution in [0.2, 0.25) is 0 Å². The normalized spacial score (nSPS) is 15.6. The fourth-order valence-electron chi connectivity index (χ4n) is 2.31. The number of thiazole rings is 1. The second-order valence-corrected chi connectivity index (χ2v) is 7.05. The highest BCUT2D eigenvalue weighted by atomic mass is 32.2. The fourth-order valence-corrected chi connectivity index (χ4v) is 3.60. The van der Waals surface area contributed by atoms with E-state index in [0.29, 0.717) is 0 Å². The second-order valence-electron chi connectivity index (χ2n) is 5.05. The molecule has 0 radical (unpaired) electrons. The summed E-state index contributed by atoms with van der Waals surface area (Å²) in [6, 6.07) is 4.10. The highest BCUT2D eigenvalue weighted by Gasteiger charge is 2.21. The molecule has 0 amide bonds. The molecule has 0 atom stereocenters. The summed E-state index contributed by atoms with van der Waals surface area (Å²) in [7, 11) is 0. The summed E-state index contributed by atoms with van der Waals surface area (Å²) >= 11 is 3.41. The molecule has 1 aliphatic heterocycles. The second kappa shape index (κ2) is 6.19. The lowest BCUT2D eigenvalue weighted by molar-refractivity contribution is 0.640. The van der Waals surface area contributed by atoms with E-state index in [2.05, 4.69) is 44.9 Å². The third kappa shape index (κ3) is 3.13. The maximum atomic E-state index is 4.65. The Bertz CT molecular complexity index is 583. The predicted molar refractivity (Wildman–Crippen MR) is 89.8 cm³/mol. The Morgan fingerprint density at radius 2 is 1.76 bits per heavy atom. The van der Waals surface area contributed by atoms with Crippen molar-refractivity contribution in [3.05, 3.63) is 22.7 Å². The molecule has 0 aliphatic carbocycles. The first kappa shape index (κ1) is 14.6. The zero-order valence-electron chi connectivity index (χ0n) is 12.5. The van der Waals surface area contributed by atoms with E-state index in [1.807, 2.05) is 12.3 Å². The van der Waals surface area contributed by atoms with Gasteiger partial charge in [0.15, 0.2) is 10.9 Å². The average Bonchev–Trinajstić information content (AvgIpc) is 2.87. The minimum Gasteiger partial charge on any atom is -0.352 e. The summed E-state index contributed by atoms with van der Waals surface area (Å²) in [5, 5.41) is 10.6. The monoisotopic (exact) mass is 321 g/mol. The van der Waals surface area contributed by atoms with Crippen LogP contribution >= 0.6 is 23.1 Å². The molecule has 21 heavy (non-hydrogen) atoms. The van der Waals surface area contributed by atoms with E-state index in [0.717, 1.165) is 47.8 Å². The van der Waals surface area contributed by atoms with Gasteiger partial charge in [-0.15, -0.1) is 33.3 Å². The van der Waals surface area contributed by atoms with Crippen LogP contribution in [0.4, 0.5) is 10.9 Å². The van der Waals surface area contributed by atoms with Gasteiger partial charge in [-0.1, -0.05) is 0 Å². The number of hydrogen-bond donors (Lipinski definition) is 0. The van der Waals surface area contributed by atoms with Crippen molar-refractivity contribution in [3.63, 3.8) is 0 Å². The molecular weight excluding hydrogens is 302 g/mol. The highest BCUT2D eigenvalue weighted by molar-refractivity contribution is 7.98. The molecule has 3 heterocycles. The molecule has 0 N–H and O–H groups in total. The van der Waals surface area contributed by atoms with Crippen LogP contribution in [0.5, 0.6) is 0 Å². The summed E-state index contributed by atoms with van der Waals surface area (Å²) in [6.07, 6.45) is 2.01. The summed E-state index contributed by atoms with van der Waals surface area (Å²) in [5.41, 5.74) is 1.15. The van der Waals surface area contributed by atoms with Crippen molar-refractivity contribution in [3.8, 4) is 0 Å². The molecular formula is C14H19N5S2. The van der Waals surface area contributed by atoms with Gasteiger partial charge in [-0.25, -0.2) is 4.98 Å². The van der Waals surface area contributed by atoms with Crippen LogP contribution in [0.15, 0.2) is 17.2 Å². The van der Waals surface area contributed by atoms with E-state index in [1.54, 1.807) is 23.1 Å². The average molecular weight is 321 g/mol. The molecule has 0 bridgehead atoms. The Balaban J connectivity index is 1.64. The maximum absolute atomic E-state index is 4.65. The predicted octanol–water partition coefficient (Wildman–Crippen LogP) is 2.60. The number of anilines is 2. The van der Waals surface area contributed by atoms with Crippen LogP contribution < -0.4 is 9.80 Å². The minimum atomic E-state index is 0.963. The van der Waals surface area contributed by atoms with Crippen LogP contribution in [0.25, 0.3) is 0 Å². The lowest BCUT2D eigenvalue weighted by atomic mass is 10.3. The van der Waals surface area contributed by atoms with E-state index in [9.17, 15) is 0 Å². The van der Waals surface area contributed by atoms with E-state index in [1.165, 1.54) is 4.88 Å². The SMILES string of the molecule is CSc1ccc(N2CCN(c3nc(C)c(C)s3)CC2)nn1. The first-order chi connectivity index (χ1) is 10.2. The van der Waals surface area contributed by atoms with Crippen LogP contribution in [-0.2, 0) is 0 Å². The minimum absolute atomic E-state index is 0.963. The van der Waals surface area contributed by atoms with Crippen molar-refractivity contribution < 1.29 is 0 Å². The Labute approximate surface area is 133 Å². The number of piperazine rings is 1. The summed E-state index contributed by atoms with van der Waals surface area (Å²) < 4.78 is 0. The van der Waals surface area contributed by atoms with E-state index < -0.39 is 0 Å². The van der Waals surface area contributed by atoms with Gasteiger partial charge in [-0.3, -0.25) is 0 Å². The van der Waals surface area contributed by atoms with Crippen molar-refractivity contribution in [1.82, 2.24) is 15.2 Å². The van der Waals surface area contributed by atoms with Gasteiger partial charge < -0.3 is 9.80 Å². The molecule has 3 rings (SSSR count). The fraction of sp³-hybridized carbons (Fsp3) is 0.500. The number of thioether (sulfide) groups is 1. The Morgan fingerprint density at radius 3 is 2.29 bits per heavy atom. The number of nitrogens with zero attached hydrogens (tertiary/aromatic N) is 5. The standard InChI is InChI=1S/C14H19N5S2/c1-10-11(2)21-14(15-10)19-8-6-18(7-9-19)12-4-5-13(20-3)17-16-12/h4-5H,6-9H2,1-3H3. The maximum Gasteiger partial charge on any atom is 0.185 e. The molecule has 0 saturated carbocycles. The Hall–Kier alpha value is -1.34. The van der Waals surface area contributed by atoms with Gasteiger partial charge >= 0.3 is 0 Å². The summed E-state index contributed by atoms with van der Waals surface area (Å²) in [4.78, 5) is 10.6. The number of hydrogen-bond acceptors (Lipinski definition) is 7. The number of aromatic nitrogens is 3. The van der Waals surface area contributed by atoms with Crippen molar-refractivity contribution in [2.75, 3.05) is 42.2 Å². The van der Waals surface area contributed by atoms with Gasteiger partial charge in [-0.2, -0.15) is 0 Å². The van der Waals surface area contributed by atoms with Crippen molar-refractivity contribution in [2.45, 2.75) is 18.9 Å². The van der Waals surface area contributed by atoms with E-state index in [4.69, 9.17) is 0 Å². The molecule has 2 aromatic rings.